The highest BCUT2D eigenvalue weighted by Crippen LogP contribution is 2.32. The van der Waals surface area contributed by atoms with E-state index in [2.05, 4.69) is 5.32 Å². The van der Waals surface area contributed by atoms with Gasteiger partial charge < -0.3 is 15.0 Å². The minimum atomic E-state index is -1.21. The van der Waals surface area contributed by atoms with Gasteiger partial charge in [-0.05, 0) is 36.6 Å². The molecular weight excluding hydrogens is 324 g/mol. The fraction of sp³-hybridized carbons (Fsp3) is 0.222. The van der Waals surface area contributed by atoms with Crippen molar-refractivity contribution in [3.05, 3.63) is 69.5 Å². The SMILES string of the molecule is Cn1cccc(C(=O)NCC(C)(O)c2cc3ccccc3s2)c1=O. The fourth-order valence-electron chi connectivity index (χ4n) is 2.45. The monoisotopic (exact) mass is 342 g/mol. The lowest BCUT2D eigenvalue weighted by molar-refractivity contribution is 0.0556. The number of carbonyl (C=O) groups excluding carboxylic acids is 1. The van der Waals surface area contributed by atoms with Crippen LogP contribution in [0.3, 0.4) is 0 Å². The first-order valence-corrected chi connectivity index (χ1v) is 8.35. The Labute approximate surface area is 143 Å². The van der Waals surface area contributed by atoms with Gasteiger partial charge in [0.25, 0.3) is 11.5 Å². The van der Waals surface area contributed by atoms with Gasteiger partial charge in [0.15, 0.2) is 0 Å². The molecule has 1 amide bonds. The van der Waals surface area contributed by atoms with Gasteiger partial charge in [0.05, 0.1) is 6.54 Å². The molecule has 1 unspecified atom stereocenters. The number of nitrogens with one attached hydrogen (secondary N) is 1. The van der Waals surface area contributed by atoms with Crippen molar-refractivity contribution in [1.29, 1.82) is 0 Å². The zero-order chi connectivity index (χ0) is 17.3. The van der Waals surface area contributed by atoms with Crippen LogP contribution >= 0.6 is 11.3 Å². The maximum atomic E-state index is 12.2. The number of aryl methyl sites for hydroxylation is 1. The van der Waals surface area contributed by atoms with E-state index < -0.39 is 11.5 Å². The van der Waals surface area contributed by atoms with E-state index in [0.717, 1.165) is 15.0 Å². The van der Waals surface area contributed by atoms with Crippen molar-refractivity contribution in [2.75, 3.05) is 6.54 Å². The number of benzene rings is 1. The summed E-state index contributed by atoms with van der Waals surface area (Å²) in [6.45, 7) is 1.68. The Morgan fingerprint density at radius 2 is 2.04 bits per heavy atom. The van der Waals surface area contributed by atoms with Crippen LogP contribution in [0.5, 0.6) is 0 Å². The number of thiophene rings is 1. The van der Waals surface area contributed by atoms with Crippen molar-refractivity contribution >= 4 is 27.3 Å². The van der Waals surface area contributed by atoms with E-state index in [1.807, 2.05) is 30.3 Å². The van der Waals surface area contributed by atoms with E-state index in [1.165, 1.54) is 22.0 Å². The van der Waals surface area contributed by atoms with E-state index in [-0.39, 0.29) is 17.7 Å². The molecule has 3 aromatic rings. The maximum absolute atomic E-state index is 12.2. The summed E-state index contributed by atoms with van der Waals surface area (Å²) in [5, 5.41) is 14.4. The van der Waals surface area contributed by atoms with Gasteiger partial charge in [-0.25, -0.2) is 0 Å². The predicted octanol–water partition coefficient (Wildman–Crippen LogP) is 2.24. The largest absolute Gasteiger partial charge is 0.383 e. The molecule has 0 bridgehead atoms. The third kappa shape index (κ3) is 3.11. The second-order valence-corrected chi connectivity index (χ2v) is 7.03. The number of fused-ring (bicyclic) bond motifs is 1. The van der Waals surface area contributed by atoms with Gasteiger partial charge in [0.1, 0.15) is 11.2 Å². The van der Waals surface area contributed by atoms with E-state index in [4.69, 9.17) is 0 Å². The van der Waals surface area contributed by atoms with Crippen LogP contribution in [-0.4, -0.2) is 22.1 Å². The Morgan fingerprint density at radius 1 is 1.29 bits per heavy atom. The van der Waals surface area contributed by atoms with Crippen LogP contribution in [0.1, 0.15) is 22.2 Å². The van der Waals surface area contributed by atoms with Crippen molar-refractivity contribution in [1.82, 2.24) is 9.88 Å². The van der Waals surface area contributed by atoms with Crippen molar-refractivity contribution in [2.24, 2.45) is 7.05 Å². The average molecular weight is 342 g/mol. The number of pyridine rings is 1. The summed E-state index contributed by atoms with van der Waals surface area (Å²) in [6, 6.07) is 12.9. The van der Waals surface area contributed by atoms with Gasteiger partial charge in [-0.1, -0.05) is 18.2 Å². The molecule has 0 saturated carbocycles. The second kappa shape index (κ2) is 6.22. The number of nitrogens with zero attached hydrogens (tertiary/aromatic N) is 1. The van der Waals surface area contributed by atoms with Crippen LogP contribution in [0, 0.1) is 0 Å². The molecule has 124 valence electrons. The lowest BCUT2D eigenvalue weighted by Crippen LogP contribution is -2.40. The number of carbonyl (C=O) groups is 1. The first-order chi connectivity index (χ1) is 11.4. The lowest BCUT2D eigenvalue weighted by Gasteiger charge is -2.22. The molecule has 0 aliphatic rings. The molecule has 0 aliphatic heterocycles. The molecule has 0 saturated heterocycles. The van der Waals surface area contributed by atoms with Crippen molar-refractivity contribution in [3.8, 4) is 0 Å². The molecule has 5 nitrogen and oxygen atoms in total. The van der Waals surface area contributed by atoms with E-state index in [0.29, 0.717) is 0 Å². The Morgan fingerprint density at radius 3 is 2.79 bits per heavy atom. The van der Waals surface area contributed by atoms with Crippen molar-refractivity contribution in [3.63, 3.8) is 0 Å². The number of hydrogen-bond acceptors (Lipinski definition) is 4. The quantitative estimate of drug-likeness (QED) is 0.764. The second-order valence-electron chi connectivity index (χ2n) is 5.94. The summed E-state index contributed by atoms with van der Waals surface area (Å²) in [5.41, 5.74) is -1.51. The first kappa shape index (κ1) is 16.4. The summed E-state index contributed by atoms with van der Waals surface area (Å²) in [7, 11) is 1.59. The highest BCUT2D eigenvalue weighted by Gasteiger charge is 2.26. The lowest BCUT2D eigenvalue weighted by atomic mass is 10.0. The highest BCUT2D eigenvalue weighted by atomic mass is 32.1. The first-order valence-electron chi connectivity index (χ1n) is 7.54. The smallest absolute Gasteiger partial charge is 0.263 e. The predicted molar refractivity (Wildman–Crippen MR) is 95.4 cm³/mol. The average Bonchev–Trinajstić information content (AvgIpc) is 3.00. The number of amides is 1. The molecule has 6 heteroatoms. The molecule has 24 heavy (non-hydrogen) atoms. The Bertz CT molecular complexity index is 923. The number of aliphatic hydroxyl groups is 1. The number of hydrogen-bond donors (Lipinski definition) is 2. The number of aromatic nitrogens is 1. The van der Waals surface area contributed by atoms with Crippen LogP contribution in [0.15, 0.2) is 53.5 Å². The molecule has 2 N–H and O–H groups in total. The van der Waals surface area contributed by atoms with Crippen LogP contribution in [0.2, 0.25) is 0 Å². The topological polar surface area (TPSA) is 71.3 Å². The zero-order valence-electron chi connectivity index (χ0n) is 13.4. The van der Waals surface area contributed by atoms with Gasteiger partial charge in [0.2, 0.25) is 0 Å². The molecule has 1 aromatic carbocycles. The van der Waals surface area contributed by atoms with Gasteiger partial charge in [-0.3, -0.25) is 9.59 Å². The van der Waals surface area contributed by atoms with E-state index >= 15 is 0 Å². The number of rotatable bonds is 4. The summed E-state index contributed by atoms with van der Waals surface area (Å²) >= 11 is 1.49. The third-order valence-electron chi connectivity index (χ3n) is 3.92. The highest BCUT2D eigenvalue weighted by molar-refractivity contribution is 7.19. The third-order valence-corrected chi connectivity index (χ3v) is 5.29. The van der Waals surface area contributed by atoms with E-state index in [1.54, 1.807) is 26.2 Å². The molecule has 2 aromatic heterocycles. The zero-order valence-corrected chi connectivity index (χ0v) is 14.3. The van der Waals surface area contributed by atoms with Crippen LogP contribution < -0.4 is 10.9 Å². The van der Waals surface area contributed by atoms with Gasteiger partial charge >= 0.3 is 0 Å². The van der Waals surface area contributed by atoms with Gasteiger partial charge in [0, 0.05) is 22.8 Å². The Kier molecular flexibility index (Phi) is 4.26. The van der Waals surface area contributed by atoms with Gasteiger partial charge in [-0.2, -0.15) is 0 Å². The molecule has 0 spiro atoms. The normalized spacial score (nSPS) is 13.6. The van der Waals surface area contributed by atoms with E-state index in [9.17, 15) is 14.7 Å². The van der Waals surface area contributed by atoms with Crippen LogP contribution in [0.25, 0.3) is 10.1 Å². The molecule has 1 atom stereocenters. The van der Waals surface area contributed by atoms with Gasteiger partial charge in [-0.15, -0.1) is 11.3 Å². The fourth-order valence-corrected chi connectivity index (χ4v) is 3.56. The molecule has 3 rings (SSSR count). The Balaban J connectivity index is 1.78. The standard InChI is InChI=1S/C18H18N2O3S/c1-18(23,15-10-12-6-3-4-8-14(12)24-15)11-19-16(21)13-7-5-9-20(2)17(13)22/h3-10,23H,11H2,1-2H3,(H,19,21). The minimum Gasteiger partial charge on any atom is -0.383 e. The minimum absolute atomic E-state index is 0.0245. The maximum Gasteiger partial charge on any atom is 0.263 e. The molecule has 0 fully saturated rings. The summed E-state index contributed by atoms with van der Waals surface area (Å²) in [4.78, 5) is 25.0. The van der Waals surface area contributed by atoms with Crippen LogP contribution in [0.4, 0.5) is 0 Å². The molecule has 0 aliphatic carbocycles. The summed E-state index contributed by atoms with van der Waals surface area (Å²) < 4.78 is 2.43. The van der Waals surface area contributed by atoms with Crippen molar-refractivity contribution in [2.45, 2.75) is 12.5 Å². The molecule has 2 heterocycles. The summed E-state index contributed by atoms with van der Waals surface area (Å²) in [5.74, 6) is -0.488. The molecular formula is C18H18N2O3S. The summed E-state index contributed by atoms with van der Waals surface area (Å²) in [6.07, 6.45) is 1.59. The molecule has 0 radical (unpaired) electrons. The van der Waals surface area contributed by atoms with Crippen LogP contribution in [-0.2, 0) is 12.6 Å². The Hall–Kier alpha value is -2.44. The van der Waals surface area contributed by atoms with Crippen molar-refractivity contribution < 1.29 is 9.90 Å².